The molecule has 5 rings (SSSR count). The summed E-state index contributed by atoms with van der Waals surface area (Å²) in [5.74, 6) is 0.652. The Hall–Kier alpha value is -1.74. The third-order valence-electron chi connectivity index (χ3n) is 5.68. The first-order valence-corrected chi connectivity index (χ1v) is 11.4. The van der Waals surface area contributed by atoms with Gasteiger partial charge >= 0.3 is 0 Å². The summed E-state index contributed by atoms with van der Waals surface area (Å²) in [7, 11) is -3.70. The molecule has 1 aromatic heterocycles. The summed E-state index contributed by atoms with van der Waals surface area (Å²) in [6.45, 7) is 4.22. The van der Waals surface area contributed by atoms with Crippen molar-refractivity contribution in [2.24, 2.45) is 11.1 Å². The van der Waals surface area contributed by atoms with Gasteiger partial charge in [-0.3, -0.25) is 9.69 Å². The number of hydrogen-bond acceptors (Lipinski definition) is 5. The van der Waals surface area contributed by atoms with Crippen molar-refractivity contribution in [2.45, 2.75) is 36.7 Å². The average Bonchev–Trinajstić information content (AvgIpc) is 3.12. The van der Waals surface area contributed by atoms with Crippen molar-refractivity contribution in [3.8, 4) is 10.4 Å². The zero-order valence-electron chi connectivity index (χ0n) is 15.1. The highest BCUT2D eigenvalue weighted by Gasteiger charge is 2.43. The lowest BCUT2D eigenvalue weighted by molar-refractivity contribution is -0.0346. The van der Waals surface area contributed by atoms with Crippen LogP contribution in [0.2, 0.25) is 0 Å². The van der Waals surface area contributed by atoms with E-state index in [9.17, 15) is 13.2 Å². The Bertz CT molecular complexity index is 960. The van der Waals surface area contributed by atoms with Crippen LogP contribution in [0.15, 0.2) is 41.3 Å². The first kappa shape index (κ1) is 18.6. The highest BCUT2D eigenvalue weighted by atomic mass is 32.2. The molecular formula is C19H23N3O3S2. The molecule has 3 N–H and O–H groups in total. The normalized spacial score (nSPS) is 27.5. The number of carbonyl (C=O) groups is 1. The number of rotatable bonds is 4. The van der Waals surface area contributed by atoms with E-state index in [2.05, 4.69) is 17.1 Å². The number of hydrogen-bond donors (Lipinski definition) is 2. The maximum absolute atomic E-state index is 12.8. The minimum atomic E-state index is -3.70. The fourth-order valence-corrected chi connectivity index (χ4v) is 5.60. The van der Waals surface area contributed by atoms with Crippen molar-refractivity contribution in [3.63, 3.8) is 0 Å². The number of nitrogens with zero attached hydrogens (tertiary/aromatic N) is 1. The van der Waals surface area contributed by atoms with E-state index in [0.717, 1.165) is 30.0 Å². The monoisotopic (exact) mass is 405 g/mol. The second kappa shape index (κ2) is 6.70. The fourth-order valence-electron chi connectivity index (χ4n) is 4.18. The molecule has 0 spiro atoms. The summed E-state index contributed by atoms with van der Waals surface area (Å²) in [4.78, 5) is 16.8. The first-order chi connectivity index (χ1) is 12.7. The lowest BCUT2D eigenvalue weighted by Crippen LogP contribution is -2.65. The number of fused-ring (bicyclic) bond motifs is 3. The minimum absolute atomic E-state index is 0.0533. The van der Waals surface area contributed by atoms with Crippen LogP contribution in [-0.4, -0.2) is 38.0 Å². The van der Waals surface area contributed by atoms with Crippen molar-refractivity contribution in [1.29, 1.82) is 0 Å². The molecule has 1 atom stereocenters. The van der Waals surface area contributed by atoms with Crippen LogP contribution >= 0.6 is 11.3 Å². The third kappa shape index (κ3) is 3.67. The van der Waals surface area contributed by atoms with Crippen LogP contribution < -0.4 is 10.5 Å². The van der Waals surface area contributed by atoms with Crippen LogP contribution in [-0.2, 0) is 10.0 Å². The maximum Gasteiger partial charge on any atom is 0.262 e. The van der Waals surface area contributed by atoms with E-state index in [0.29, 0.717) is 10.8 Å². The van der Waals surface area contributed by atoms with E-state index in [-0.39, 0.29) is 16.5 Å². The maximum atomic E-state index is 12.8. The summed E-state index contributed by atoms with van der Waals surface area (Å²) in [6, 6.07) is 10.1. The molecule has 0 saturated carbocycles. The number of primary sulfonamides is 1. The molecule has 8 heteroatoms. The molecule has 3 fully saturated rings. The number of sulfonamides is 1. The Kier molecular flexibility index (Phi) is 4.62. The van der Waals surface area contributed by atoms with Gasteiger partial charge in [-0.05, 0) is 61.9 Å². The topological polar surface area (TPSA) is 92.5 Å². The van der Waals surface area contributed by atoms with Crippen LogP contribution in [0.3, 0.4) is 0 Å². The van der Waals surface area contributed by atoms with Crippen molar-refractivity contribution in [2.75, 3.05) is 13.1 Å². The van der Waals surface area contributed by atoms with E-state index in [4.69, 9.17) is 5.14 Å². The van der Waals surface area contributed by atoms with Gasteiger partial charge in [-0.25, -0.2) is 13.6 Å². The molecule has 6 nitrogen and oxygen atoms in total. The molecule has 0 aliphatic carbocycles. The van der Waals surface area contributed by atoms with E-state index >= 15 is 0 Å². The van der Waals surface area contributed by atoms with Gasteiger partial charge in [0.15, 0.2) is 0 Å². The van der Waals surface area contributed by atoms with Gasteiger partial charge in [0, 0.05) is 18.0 Å². The Morgan fingerprint density at radius 2 is 1.85 bits per heavy atom. The highest BCUT2D eigenvalue weighted by molar-refractivity contribution is 7.89. The molecule has 144 valence electrons. The largest absolute Gasteiger partial charge is 0.333 e. The fraction of sp³-hybridized carbons (Fsp3) is 0.421. The Morgan fingerprint density at radius 3 is 2.41 bits per heavy atom. The SMILES string of the molecule is C[C@@]1(NC(=O)c2ccc(-c3ccc(S(N)(=O)=O)cc3)s2)CC2CCN1CC2. The second-order valence-corrected chi connectivity index (χ2v) is 10.2. The predicted octanol–water partition coefficient (Wildman–Crippen LogP) is 2.62. The number of benzene rings is 1. The van der Waals surface area contributed by atoms with Gasteiger partial charge in [0.2, 0.25) is 10.0 Å². The first-order valence-electron chi connectivity index (χ1n) is 9.05. The molecule has 0 radical (unpaired) electrons. The molecule has 2 aromatic rings. The minimum Gasteiger partial charge on any atom is -0.333 e. The lowest BCUT2D eigenvalue weighted by atomic mass is 9.80. The number of nitrogens with one attached hydrogen (secondary N) is 1. The molecule has 4 heterocycles. The highest BCUT2D eigenvalue weighted by Crippen LogP contribution is 2.38. The number of carbonyl (C=O) groups excluding carboxylic acids is 1. The summed E-state index contributed by atoms with van der Waals surface area (Å²) in [5.41, 5.74) is 0.595. The number of amides is 1. The van der Waals surface area contributed by atoms with Gasteiger partial charge in [-0.1, -0.05) is 12.1 Å². The van der Waals surface area contributed by atoms with E-state index in [1.165, 1.54) is 36.3 Å². The molecule has 3 saturated heterocycles. The second-order valence-electron chi connectivity index (χ2n) is 7.60. The smallest absolute Gasteiger partial charge is 0.262 e. The van der Waals surface area contributed by atoms with Crippen molar-refractivity contribution in [1.82, 2.24) is 10.2 Å². The molecule has 1 amide bonds. The summed E-state index contributed by atoms with van der Waals surface area (Å²) in [5, 5.41) is 8.37. The van der Waals surface area contributed by atoms with E-state index < -0.39 is 10.0 Å². The molecule has 3 aliphatic heterocycles. The van der Waals surface area contributed by atoms with Gasteiger partial charge in [0.1, 0.15) is 0 Å². The predicted molar refractivity (Wildman–Crippen MR) is 106 cm³/mol. The van der Waals surface area contributed by atoms with Gasteiger partial charge in [-0.15, -0.1) is 11.3 Å². The van der Waals surface area contributed by atoms with Crippen LogP contribution in [0.25, 0.3) is 10.4 Å². The molecular weight excluding hydrogens is 382 g/mol. The van der Waals surface area contributed by atoms with Gasteiger partial charge in [0.25, 0.3) is 5.91 Å². The van der Waals surface area contributed by atoms with Crippen LogP contribution in [0.1, 0.15) is 35.9 Å². The molecule has 1 aromatic carbocycles. The molecule has 27 heavy (non-hydrogen) atoms. The van der Waals surface area contributed by atoms with E-state index in [1.54, 1.807) is 12.1 Å². The number of piperidine rings is 3. The number of thiophene rings is 1. The summed E-state index contributed by atoms with van der Waals surface area (Å²) < 4.78 is 22.7. The average molecular weight is 406 g/mol. The molecule has 0 unspecified atom stereocenters. The molecule has 3 aliphatic rings. The zero-order valence-corrected chi connectivity index (χ0v) is 16.8. The quantitative estimate of drug-likeness (QED) is 0.818. The van der Waals surface area contributed by atoms with Crippen LogP contribution in [0, 0.1) is 5.92 Å². The van der Waals surface area contributed by atoms with Crippen molar-refractivity contribution < 1.29 is 13.2 Å². The zero-order chi connectivity index (χ0) is 19.2. The Balaban J connectivity index is 1.50. The van der Waals surface area contributed by atoms with Gasteiger partial charge < -0.3 is 5.32 Å². The van der Waals surface area contributed by atoms with Gasteiger partial charge in [-0.2, -0.15) is 0 Å². The van der Waals surface area contributed by atoms with Crippen LogP contribution in [0.5, 0.6) is 0 Å². The summed E-state index contributed by atoms with van der Waals surface area (Å²) in [6.07, 6.45) is 3.46. The molecule has 2 bridgehead atoms. The number of nitrogens with two attached hydrogens (primary N) is 1. The Labute approximate surface area is 163 Å². The van der Waals surface area contributed by atoms with Crippen molar-refractivity contribution >= 4 is 27.3 Å². The van der Waals surface area contributed by atoms with Gasteiger partial charge in [0.05, 0.1) is 15.4 Å². The standard InChI is InChI=1S/C19H23N3O3S2/c1-19(12-13-8-10-22(19)11-9-13)21-18(23)17-7-6-16(26-17)14-2-4-15(5-3-14)27(20,24)25/h2-7,13H,8-12H2,1H3,(H,21,23)(H2,20,24,25)/t19-/m0/s1. The lowest BCUT2D eigenvalue weighted by Gasteiger charge is -2.52. The third-order valence-corrected chi connectivity index (χ3v) is 7.74. The van der Waals surface area contributed by atoms with Crippen molar-refractivity contribution in [3.05, 3.63) is 41.3 Å². The van der Waals surface area contributed by atoms with Crippen LogP contribution in [0.4, 0.5) is 0 Å². The summed E-state index contributed by atoms with van der Waals surface area (Å²) >= 11 is 1.40. The van der Waals surface area contributed by atoms with E-state index in [1.807, 2.05) is 12.1 Å². The Morgan fingerprint density at radius 1 is 1.19 bits per heavy atom.